The first-order chi connectivity index (χ1) is 12.3. The van der Waals surface area contributed by atoms with E-state index in [4.69, 9.17) is 9.47 Å². The quantitative estimate of drug-likeness (QED) is 0.737. The Balaban J connectivity index is 1.91. The van der Waals surface area contributed by atoms with Gasteiger partial charge in [-0.1, -0.05) is 37.3 Å². The summed E-state index contributed by atoms with van der Waals surface area (Å²) in [5.74, 6) is -0.0830. The second-order valence-electron chi connectivity index (χ2n) is 8.04. The van der Waals surface area contributed by atoms with Crippen LogP contribution in [0.2, 0.25) is 0 Å². The lowest BCUT2D eigenvalue weighted by molar-refractivity contribution is -0.207. The van der Waals surface area contributed by atoms with Gasteiger partial charge >= 0.3 is 5.97 Å². The number of esters is 1. The van der Waals surface area contributed by atoms with Crippen molar-refractivity contribution in [3.05, 3.63) is 64.7 Å². The predicted molar refractivity (Wildman–Crippen MR) is 95.4 cm³/mol. The molecule has 132 valence electrons. The van der Waals surface area contributed by atoms with Crippen LogP contribution in [0.25, 0.3) is 0 Å². The highest BCUT2D eigenvalue weighted by Gasteiger charge is 2.77. The molecule has 4 heteroatoms. The highest BCUT2D eigenvalue weighted by Crippen LogP contribution is 2.72. The van der Waals surface area contributed by atoms with Crippen LogP contribution >= 0.6 is 0 Å². The molecule has 6 rings (SSSR count). The molecule has 2 aliphatic heterocycles. The van der Waals surface area contributed by atoms with E-state index in [9.17, 15) is 9.59 Å². The van der Waals surface area contributed by atoms with E-state index in [-0.39, 0.29) is 11.8 Å². The zero-order chi connectivity index (χ0) is 18.5. The number of fused-ring (bicyclic) bond motifs is 2. The Morgan fingerprint density at radius 3 is 2.46 bits per heavy atom. The first kappa shape index (κ1) is 15.6. The second-order valence-corrected chi connectivity index (χ2v) is 8.04. The van der Waals surface area contributed by atoms with Gasteiger partial charge < -0.3 is 9.47 Å². The lowest BCUT2D eigenvalue weighted by Crippen LogP contribution is -2.68. The molecule has 2 aromatic carbocycles. The van der Waals surface area contributed by atoms with Crippen molar-refractivity contribution < 1.29 is 19.1 Å². The number of ether oxygens (including phenoxy) is 2. The van der Waals surface area contributed by atoms with E-state index in [0.29, 0.717) is 11.3 Å². The van der Waals surface area contributed by atoms with Crippen LogP contribution in [0.4, 0.5) is 0 Å². The minimum absolute atomic E-state index is 0.0170. The van der Waals surface area contributed by atoms with Gasteiger partial charge in [-0.25, -0.2) is 0 Å². The molecule has 2 aliphatic carbocycles. The van der Waals surface area contributed by atoms with Crippen molar-refractivity contribution in [2.45, 2.75) is 37.7 Å². The second kappa shape index (κ2) is 4.37. The van der Waals surface area contributed by atoms with Crippen LogP contribution in [0, 0.1) is 5.41 Å². The van der Waals surface area contributed by atoms with E-state index in [2.05, 4.69) is 0 Å². The van der Waals surface area contributed by atoms with Gasteiger partial charge in [-0.05, 0) is 37.1 Å². The normalized spacial score (nSPS) is 36.2. The van der Waals surface area contributed by atoms with E-state index < -0.39 is 22.3 Å². The van der Waals surface area contributed by atoms with Crippen molar-refractivity contribution in [2.75, 3.05) is 7.11 Å². The summed E-state index contributed by atoms with van der Waals surface area (Å²) in [5, 5.41) is 0. The summed E-state index contributed by atoms with van der Waals surface area (Å²) >= 11 is 0. The van der Waals surface area contributed by atoms with Gasteiger partial charge in [0.05, 0.1) is 18.4 Å². The van der Waals surface area contributed by atoms with E-state index >= 15 is 0 Å². The summed E-state index contributed by atoms with van der Waals surface area (Å²) in [6, 6.07) is 13.5. The minimum Gasteiger partial charge on any atom is -0.497 e. The lowest BCUT2D eigenvalue weighted by Gasteiger charge is -2.62. The monoisotopic (exact) mass is 348 g/mol. The van der Waals surface area contributed by atoms with Gasteiger partial charge in [-0.15, -0.1) is 0 Å². The number of carbonyl (C=O) groups is 2. The van der Waals surface area contributed by atoms with Gasteiger partial charge in [0.25, 0.3) is 0 Å². The number of rotatable bonds is 1. The number of benzene rings is 2. The molecule has 4 nitrogen and oxygen atoms in total. The van der Waals surface area contributed by atoms with Gasteiger partial charge in [0, 0.05) is 16.5 Å². The van der Waals surface area contributed by atoms with Crippen LogP contribution in [0.3, 0.4) is 0 Å². The molecular formula is C22H20O4. The largest absolute Gasteiger partial charge is 0.497 e. The molecule has 2 heterocycles. The SMILES string of the molecule is COc1ccc2c(c1)C(=O)[C@]1(C)[C@@]3(C)OC(=O)[C@@H](c4ccccc43)[C@@]21C. The molecule has 0 radical (unpaired) electrons. The fraction of sp³-hybridized carbons (Fsp3) is 0.364. The molecule has 1 fully saturated rings. The van der Waals surface area contributed by atoms with Crippen molar-refractivity contribution in [1.82, 2.24) is 0 Å². The molecule has 0 N–H and O–H groups in total. The smallest absolute Gasteiger partial charge is 0.315 e. The molecule has 4 aliphatic rings. The molecule has 26 heavy (non-hydrogen) atoms. The Hall–Kier alpha value is -2.62. The molecule has 0 spiro atoms. The average molecular weight is 348 g/mol. The van der Waals surface area contributed by atoms with Crippen LogP contribution in [0.1, 0.15) is 53.7 Å². The fourth-order valence-corrected chi connectivity index (χ4v) is 5.77. The van der Waals surface area contributed by atoms with E-state index in [1.807, 2.05) is 57.2 Å². The zero-order valence-corrected chi connectivity index (χ0v) is 15.3. The van der Waals surface area contributed by atoms with Gasteiger partial charge in [0.15, 0.2) is 5.78 Å². The molecule has 0 unspecified atom stereocenters. The van der Waals surface area contributed by atoms with Gasteiger partial charge in [0.2, 0.25) is 0 Å². The van der Waals surface area contributed by atoms with Crippen molar-refractivity contribution >= 4 is 11.8 Å². The molecular weight excluding hydrogens is 328 g/mol. The predicted octanol–water partition coefficient (Wildman–Crippen LogP) is 3.72. The Morgan fingerprint density at radius 1 is 1.00 bits per heavy atom. The third-order valence-corrected chi connectivity index (χ3v) is 7.38. The van der Waals surface area contributed by atoms with Crippen LogP contribution in [0.15, 0.2) is 42.5 Å². The summed E-state index contributed by atoms with van der Waals surface area (Å²) in [7, 11) is 1.59. The third kappa shape index (κ3) is 1.31. The van der Waals surface area contributed by atoms with Gasteiger partial charge in [-0.2, -0.15) is 0 Å². The van der Waals surface area contributed by atoms with Crippen molar-refractivity contribution in [3.63, 3.8) is 0 Å². The standard InChI is InChI=1S/C22H20O4/c1-20-15-10-9-12(25-4)11-14(15)18(23)21(20,2)22(3)16-8-6-5-7-13(16)17(20)19(24)26-22/h5-11,17H,1-4H3/t17-,20-,21+,22+/m1/s1. The fourth-order valence-electron chi connectivity index (χ4n) is 5.77. The topological polar surface area (TPSA) is 52.6 Å². The molecule has 0 aromatic heterocycles. The van der Waals surface area contributed by atoms with Crippen LogP contribution < -0.4 is 4.74 Å². The molecule has 0 amide bonds. The van der Waals surface area contributed by atoms with E-state index in [1.165, 1.54) is 0 Å². The molecule has 1 saturated heterocycles. The first-order valence-electron chi connectivity index (χ1n) is 8.86. The maximum Gasteiger partial charge on any atom is 0.315 e. The molecule has 0 saturated carbocycles. The molecule has 2 aromatic rings. The molecule has 4 atom stereocenters. The summed E-state index contributed by atoms with van der Waals surface area (Å²) in [6.07, 6.45) is 0. The number of hydrogen-bond donors (Lipinski definition) is 0. The Labute approximate surface area is 152 Å². The summed E-state index contributed by atoms with van der Waals surface area (Å²) in [6.45, 7) is 5.89. The maximum atomic E-state index is 13.7. The Bertz CT molecular complexity index is 1010. The number of Topliss-reactive ketones (excluding diaryl/α,β-unsaturated/α-hetero) is 1. The van der Waals surface area contributed by atoms with E-state index in [0.717, 1.165) is 16.7 Å². The number of hydrogen-bond acceptors (Lipinski definition) is 4. The number of carbonyl (C=O) groups excluding carboxylic acids is 2. The zero-order valence-electron chi connectivity index (χ0n) is 15.3. The minimum atomic E-state index is -1.01. The van der Waals surface area contributed by atoms with Gasteiger partial charge in [0.1, 0.15) is 11.4 Å². The average Bonchev–Trinajstić information content (AvgIpc) is 2.82. The maximum absolute atomic E-state index is 13.7. The first-order valence-corrected chi connectivity index (χ1v) is 8.86. The molecule has 2 bridgehead atoms. The third-order valence-electron chi connectivity index (χ3n) is 7.38. The lowest BCUT2D eigenvalue weighted by atomic mass is 9.44. The van der Waals surface area contributed by atoms with E-state index in [1.54, 1.807) is 13.2 Å². The highest BCUT2D eigenvalue weighted by molar-refractivity contribution is 6.11. The van der Waals surface area contributed by atoms with Crippen molar-refractivity contribution in [3.8, 4) is 5.75 Å². The van der Waals surface area contributed by atoms with Gasteiger partial charge in [-0.3, -0.25) is 9.59 Å². The number of ketones is 1. The Kier molecular flexibility index (Phi) is 2.63. The summed E-state index contributed by atoms with van der Waals surface area (Å²) in [4.78, 5) is 26.7. The highest BCUT2D eigenvalue weighted by atomic mass is 16.6. The Morgan fingerprint density at radius 2 is 1.73 bits per heavy atom. The number of methoxy groups -OCH3 is 1. The van der Waals surface area contributed by atoms with Crippen LogP contribution in [-0.2, 0) is 20.5 Å². The van der Waals surface area contributed by atoms with Crippen molar-refractivity contribution in [2.24, 2.45) is 5.41 Å². The van der Waals surface area contributed by atoms with Crippen LogP contribution in [0.5, 0.6) is 5.75 Å². The summed E-state index contributed by atoms with van der Waals surface area (Å²) in [5.41, 5.74) is 0.921. The van der Waals surface area contributed by atoms with Crippen LogP contribution in [-0.4, -0.2) is 18.9 Å². The summed E-state index contributed by atoms with van der Waals surface area (Å²) < 4.78 is 11.3. The van der Waals surface area contributed by atoms with Crippen molar-refractivity contribution in [1.29, 1.82) is 0 Å².